The van der Waals surface area contributed by atoms with Gasteiger partial charge in [0.25, 0.3) is 0 Å². The lowest BCUT2D eigenvalue weighted by molar-refractivity contribution is -0.131. The lowest BCUT2D eigenvalue weighted by Gasteiger charge is -2.21. The summed E-state index contributed by atoms with van der Waals surface area (Å²) >= 11 is 0. The molecule has 59 heavy (non-hydrogen) atoms. The average molecular weight is 830 g/mol. The monoisotopic (exact) mass is 830 g/mol. The highest BCUT2D eigenvalue weighted by molar-refractivity contribution is 5.80. The van der Waals surface area contributed by atoms with Gasteiger partial charge in [-0.3, -0.25) is 4.79 Å². The van der Waals surface area contributed by atoms with E-state index in [1.165, 1.54) is 212 Å². The third-order valence-corrected chi connectivity index (χ3v) is 12.2. The Hall–Kier alpha value is -1.43. The zero-order valence-electron chi connectivity index (χ0n) is 39.6. The summed E-state index contributed by atoms with van der Waals surface area (Å²) in [7, 11) is 0. The van der Waals surface area contributed by atoms with Gasteiger partial charge in [0.05, 0.1) is 18.8 Å². The molecule has 4 N–H and O–H groups in total. The lowest BCUT2D eigenvalue weighted by Crippen LogP contribution is -2.48. The van der Waals surface area contributed by atoms with E-state index >= 15 is 0 Å². The van der Waals surface area contributed by atoms with E-state index in [0.717, 1.165) is 44.9 Å². The number of unbranched alkanes of at least 4 members (excludes halogenated alkanes) is 36. The summed E-state index contributed by atoms with van der Waals surface area (Å²) in [5.74, 6) is -0.513. The van der Waals surface area contributed by atoms with Gasteiger partial charge in [0.1, 0.15) is 6.10 Å². The van der Waals surface area contributed by atoms with Crippen LogP contribution in [-0.4, -0.2) is 46.1 Å². The summed E-state index contributed by atoms with van der Waals surface area (Å²) < 4.78 is 0. The molecule has 0 aromatic carbocycles. The fourth-order valence-electron chi connectivity index (χ4n) is 8.10. The number of aliphatic hydroxyl groups is 3. The number of rotatable bonds is 48. The van der Waals surface area contributed by atoms with Crippen molar-refractivity contribution in [2.24, 2.45) is 0 Å². The molecule has 1 amide bonds. The summed E-state index contributed by atoms with van der Waals surface area (Å²) in [4.78, 5) is 12.5. The Morgan fingerprint density at radius 2 is 0.695 bits per heavy atom. The maximum absolute atomic E-state index is 12.5. The van der Waals surface area contributed by atoms with Gasteiger partial charge in [0, 0.05) is 0 Å². The quantitative estimate of drug-likeness (QED) is 0.0363. The van der Waals surface area contributed by atoms with Crippen LogP contribution in [0.4, 0.5) is 0 Å². The first-order valence-corrected chi connectivity index (χ1v) is 26.3. The number of hydrogen-bond acceptors (Lipinski definition) is 4. The minimum absolute atomic E-state index is 0.379. The van der Waals surface area contributed by atoms with Crippen molar-refractivity contribution in [3.8, 4) is 0 Å². The van der Waals surface area contributed by atoms with E-state index in [1.807, 2.05) is 6.08 Å². The minimum Gasteiger partial charge on any atom is -0.394 e. The van der Waals surface area contributed by atoms with Gasteiger partial charge < -0.3 is 20.6 Å². The van der Waals surface area contributed by atoms with Crippen molar-refractivity contribution in [1.29, 1.82) is 0 Å². The van der Waals surface area contributed by atoms with Gasteiger partial charge in [0.2, 0.25) is 5.91 Å². The topological polar surface area (TPSA) is 89.8 Å². The molecule has 0 aliphatic rings. The molecule has 0 aliphatic heterocycles. The van der Waals surface area contributed by atoms with Crippen molar-refractivity contribution in [1.82, 2.24) is 5.32 Å². The lowest BCUT2D eigenvalue weighted by atomic mass is 10.0. The Bertz CT molecular complexity index is 916. The van der Waals surface area contributed by atoms with Crippen LogP contribution in [0.5, 0.6) is 0 Å². The maximum atomic E-state index is 12.5. The molecule has 0 saturated carbocycles. The van der Waals surface area contributed by atoms with Crippen molar-refractivity contribution >= 4 is 5.91 Å². The Morgan fingerprint density at radius 1 is 0.407 bits per heavy atom. The van der Waals surface area contributed by atoms with Crippen LogP contribution in [0.3, 0.4) is 0 Å². The second-order valence-corrected chi connectivity index (χ2v) is 18.1. The Kier molecular flexibility index (Phi) is 48.0. The van der Waals surface area contributed by atoms with Gasteiger partial charge in [-0.2, -0.15) is 0 Å². The predicted molar refractivity (Wildman–Crippen MR) is 259 cm³/mol. The highest BCUT2D eigenvalue weighted by atomic mass is 16.3. The molecule has 348 valence electrons. The molecule has 3 unspecified atom stereocenters. The van der Waals surface area contributed by atoms with E-state index in [0.29, 0.717) is 6.42 Å². The van der Waals surface area contributed by atoms with Crippen molar-refractivity contribution in [3.63, 3.8) is 0 Å². The normalized spacial score (nSPS) is 13.6. The number of nitrogens with one attached hydrogen (secondary N) is 1. The summed E-state index contributed by atoms with van der Waals surface area (Å²) in [6.07, 6.45) is 63.6. The molecule has 0 radical (unpaired) electrons. The van der Waals surface area contributed by atoms with E-state index in [1.54, 1.807) is 6.08 Å². The van der Waals surface area contributed by atoms with Crippen LogP contribution in [0.25, 0.3) is 0 Å². The van der Waals surface area contributed by atoms with E-state index in [4.69, 9.17) is 0 Å². The summed E-state index contributed by atoms with van der Waals surface area (Å²) in [6.45, 7) is 4.18. The number of hydrogen-bond donors (Lipinski definition) is 4. The predicted octanol–water partition coefficient (Wildman–Crippen LogP) is 15.9. The molecule has 0 spiro atoms. The van der Waals surface area contributed by atoms with Crippen molar-refractivity contribution in [3.05, 3.63) is 36.5 Å². The standard InChI is InChI=1S/C54H103NO4/c1-3-5-7-9-11-13-15-17-19-21-22-23-24-25-26-27-28-29-30-31-32-33-35-37-39-41-43-45-47-49-53(58)54(59)55-51(50-56)52(57)48-46-44-42-40-38-36-34-20-18-16-14-12-10-8-6-4-2/h18,20,38,40,46,48,51-53,56-58H,3-17,19,21-37,39,41-45,47,49-50H2,1-2H3,(H,55,59)/b20-18+,40-38+,48-46+. The molecule has 5 heteroatoms. The van der Waals surface area contributed by atoms with Crippen LogP contribution >= 0.6 is 0 Å². The fraction of sp³-hybridized carbons (Fsp3) is 0.870. The van der Waals surface area contributed by atoms with Crippen molar-refractivity contribution in [2.75, 3.05) is 6.61 Å². The van der Waals surface area contributed by atoms with Gasteiger partial charge in [-0.05, 0) is 44.9 Å². The number of carbonyl (C=O) groups excluding carboxylic acids is 1. The average Bonchev–Trinajstić information content (AvgIpc) is 3.24. The van der Waals surface area contributed by atoms with Gasteiger partial charge >= 0.3 is 0 Å². The van der Waals surface area contributed by atoms with Crippen LogP contribution in [0.2, 0.25) is 0 Å². The highest BCUT2D eigenvalue weighted by Gasteiger charge is 2.22. The second kappa shape index (κ2) is 49.2. The van der Waals surface area contributed by atoms with E-state index in [2.05, 4.69) is 43.5 Å². The SMILES string of the molecule is CCCCCCCC/C=C/CC/C=C/CC/C=C/C(O)C(CO)NC(=O)C(O)CCCCCCCCCCCCCCCCCCCCCCCCCCCCCCC. The largest absolute Gasteiger partial charge is 0.394 e. The van der Waals surface area contributed by atoms with Gasteiger partial charge in [-0.1, -0.05) is 269 Å². The molecule has 5 nitrogen and oxygen atoms in total. The molecular formula is C54H103NO4. The van der Waals surface area contributed by atoms with Crippen LogP contribution in [0.15, 0.2) is 36.5 Å². The number of aliphatic hydroxyl groups excluding tert-OH is 3. The van der Waals surface area contributed by atoms with E-state index < -0.39 is 24.2 Å². The van der Waals surface area contributed by atoms with Crippen LogP contribution in [0, 0.1) is 0 Å². The summed E-state index contributed by atoms with van der Waals surface area (Å²) in [5.41, 5.74) is 0. The summed E-state index contributed by atoms with van der Waals surface area (Å²) in [6, 6.07) is -0.819. The first kappa shape index (κ1) is 57.6. The molecule has 0 heterocycles. The smallest absolute Gasteiger partial charge is 0.249 e. The highest BCUT2D eigenvalue weighted by Crippen LogP contribution is 2.17. The molecular weight excluding hydrogens is 727 g/mol. The number of amides is 1. The number of carbonyl (C=O) groups is 1. The minimum atomic E-state index is -1.11. The van der Waals surface area contributed by atoms with Crippen molar-refractivity contribution < 1.29 is 20.1 Å². The summed E-state index contributed by atoms with van der Waals surface area (Å²) in [5, 5.41) is 33.2. The molecule has 0 aliphatic carbocycles. The molecule has 0 rings (SSSR count). The molecule has 0 saturated heterocycles. The van der Waals surface area contributed by atoms with Crippen LogP contribution < -0.4 is 5.32 Å². The zero-order valence-corrected chi connectivity index (χ0v) is 39.6. The third-order valence-electron chi connectivity index (χ3n) is 12.2. The zero-order chi connectivity index (χ0) is 43.0. The first-order chi connectivity index (χ1) is 29.1. The molecule has 0 bridgehead atoms. The van der Waals surface area contributed by atoms with Gasteiger partial charge in [0.15, 0.2) is 0 Å². The fourth-order valence-corrected chi connectivity index (χ4v) is 8.10. The van der Waals surface area contributed by atoms with Crippen LogP contribution in [-0.2, 0) is 4.79 Å². The Labute approximate surface area is 368 Å². The van der Waals surface area contributed by atoms with E-state index in [-0.39, 0.29) is 6.61 Å². The molecule has 3 atom stereocenters. The maximum Gasteiger partial charge on any atom is 0.249 e. The third kappa shape index (κ3) is 44.4. The van der Waals surface area contributed by atoms with E-state index in [9.17, 15) is 20.1 Å². The van der Waals surface area contributed by atoms with Gasteiger partial charge in [-0.25, -0.2) is 0 Å². The Balaban J connectivity index is 3.57. The van der Waals surface area contributed by atoms with Crippen molar-refractivity contribution in [2.45, 2.75) is 295 Å². The second-order valence-electron chi connectivity index (χ2n) is 18.1. The molecule has 0 aromatic rings. The van der Waals surface area contributed by atoms with Crippen LogP contribution in [0.1, 0.15) is 277 Å². The molecule has 0 aromatic heterocycles. The Morgan fingerprint density at radius 3 is 1.03 bits per heavy atom. The number of allylic oxidation sites excluding steroid dienone is 5. The molecule has 0 fully saturated rings. The first-order valence-electron chi connectivity index (χ1n) is 26.3. The van der Waals surface area contributed by atoms with Gasteiger partial charge in [-0.15, -0.1) is 0 Å².